The number of carbonyl (C=O) groups excluding carboxylic acids is 1. The molecule has 0 saturated carbocycles. The van der Waals surface area contributed by atoms with Crippen LogP contribution >= 0.6 is 0 Å². The molecule has 32 heavy (non-hydrogen) atoms. The van der Waals surface area contributed by atoms with E-state index in [2.05, 4.69) is 4.98 Å². The second-order valence-electron chi connectivity index (χ2n) is 7.79. The lowest BCUT2D eigenvalue weighted by atomic mass is 9.78. The predicted octanol–water partition coefficient (Wildman–Crippen LogP) is 3.18. The van der Waals surface area contributed by atoms with Crippen molar-refractivity contribution < 1.29 is 41.7 Å². The third-order valence-electron chi connectivity index (χ3n) is 5.54. The average Bonchev–Trinajstić information content (AvgIpc) is 3.11. The van der Waals surface area contributed by atoms with E-state index in [1.54, 1.807) is 25.1 Å². The van der Waals surface area contributed by atoms with Crippen molar-refractivity contribution in [1.82, 2.24) is 14.8 Å². The molecule has 0 aromatic carbocycles. The SMILES string of the molecule is CN(C)C(=O)N1CCC2(CC1)OCCC2CCOc1ncccc1F.O=C(O)C(F)(F)F. The molecule has 0 radical (unpaired) electrons. The molecule has 2 aliphatic heterocycles. The van der Waals surface area contributed by atoms with Crippen LogP contribution in [-0.4, -0.2) is 84.1 Å². The van der Waals surface area contributed by atoms with Crippen molar-refractivity contribution in [2.45, 2.75) is 37.5 Å². The highest BCUT2D eigenvalue weighted by atomic mass is 19.4. The third-order valence-corrected chi connectivity index (χ3v) is 5.54. The number of likely N-dealkylation sites (tertiary alicyclic amines) is 1. The van der Waals surface area contributed by atoms with E-state index >= 15 is 0 Å². The van der Waals surface area contributed by atoms with Gasteiger partial charge in [0.1, 0.15) is 0 Å². The first kappa shape index (κ1) is 25.6. The maximum Gasteiger partial charge on any atom is 0.490 e. The first-order valence-corrected chi connectivity index (χ1v) is 10.1. The highest BCUT2D eigenvalue weighted by molar-refractivity contribution is 5.74. The zero-order valence-corrected chi connectivity index (χ0v) is 17.9. The normalized spacial score (nSPS) is 19.8. The molecule has 1 aromatic rings. The van der Waals surface area contributed by atoms with Gasteiger partial charge in [0, 0.05) is 40.0 Å². The minimum absolute atomic E-state index is 0.0540. The van der Waals surface area contributed by atoms with Gasteiger partial charge in [-0.2, -0.15) is 13.2 Å². The zero-order chi connectivity index (χ0) is 23.9. The molecule has 1 spiro atoms. The molecule has 2 amide bonds. The summed E-state index contributed by atoms with van der Waals surface area (Å²) in [5, 5.41) is 7.12. The Morgan fingerprint density at radius 3 is 2.50 bits per heavy atom. The predicted molar refractivity (Wildman–Crippen MR) is 105 cm³/mol. The maximum absolute atomic E-state index is 13.6. The molecule has 1 unspecified atom stereocenters. The van der Waals surface area contributed by atoms with Crippen molar-refractivity contribution in [3.8, 4) is 5.88 Å². The van der Waals surface area contributed by atoms with Gasteiger partial charge in [-0.25, -0.2) is 19.0 Å². The summed E-state index contributed by atoms with van der Waals surface area (Å²) in [5.74, 6) is -2.76. The zero-order valence-electron chi connectivity index (χ0n) is 17.9. The average molecular weight is 465 g/mol. The van der Waals surface area contributed by atoms with Crippen LogP contribution in [0.2, 0.25) is 0 Å². The van der Waals surface area contributed by atoms with E-state index in [9.17, 15) is 22.4 Å². The number of aliphatic carboxylic acids is 1. The van der Waals surface area contributed by atoms with Gasteiger partial charge in [-0.1, -0.05) is 0 Å². The lowest BCUT2D eigenvalue weighted by Gasteiger charge is -2.42. The van der Waals surface area contributed by atoms with Gasteiger partial charge in [0.05, 0.1) is 12.2 Å². The van der Waals surface area contributed by atoms with E-state index in [1.807, 2.05) is 4.90 Å². The number of halogens is 4. The standard InChI is InChI=1S/C18H26FN3O3.C2HF3O2/c1-21(2)17(23)22-10-7-18(8-11-22)14(6-13-25-18)5-12-24-16-15(19)4-3-9-20-16;3-2(4,5)1(6)7/h3-4,9,14H,5-8,10-13H2,1-2H3;(H,6,7). The highest BCUT2D eigenvalue weighted by Gasteiger charge is 2.46. The summed E-state index contributed by atoms with van der Waals surface area (Å²) in [5.41, 5.74) is -0.172. The molecular formula is C20H27F4N3O5. The number of carbonyl (C=O) groups is 2. The van der Waals surface area contributed by atoms with Gasteiger partial charge in [0.15, 0.2) is 5.82 Å². The van der Waals surface area contributed by atoms with Crippen LogP contribution in [0.4, 0.5) is 22.4 Å². The van der Waals surface area contributed by atoms with Crippen LogP contribution < -0.4 is 4.74 Å². The number of alkyl halides is 3. The van der Waals surface area contributed by atoms with E-state index in [-0.39, 0.29) is 17.5 Å². The number of ether oxygens (including phenoxy) is 2. The Balaban J connectivity index is 0.000000451. The fourth-order valence-electron chi connectivity index (χ4n) is 3.88. The van der Waals surface area contributed by atoms with Gasteiger partial charge in [0.2, 0.25) is 5.88 Å². The van der Waals surface area contributed by atoms with E-state index in [0.717, 1.165) is 32.3 Å². The van der Waals surface area contributed by atoms with E-state index in [4.69, 9.17) is 19.4 Å². The summed E-state index contributed by atoms with van der Waals surface area (Å²) in [7, 11) is 3.55. The van der Waals surface area contributed by atoms with E-state index in [1.165, 1.54) is 12.3 Å². The van der Waals surface area contributed by atoms with Crippen molar-refractivity contribution >= 4 is 12.0 Å². The number of carboxylic acids is 1. The number of carboxylic acid groups (broad SMARTS) is 1. The maximum atomic E-state index is 13.6. The van der Waals surface area contributed by atoms with Crippen molar-refractivity contribution in [2.75, 3.05) is 40.4 Å². The van der Waals surface area contributed by atoms with Gasteiger partial charge in [-0.05, 0) is 43.7 Å². The third kappa shape index (κ3) is 6.68. The van der Waals surface area contributed by atoms with Crippen LogP contribution in [0.5, 0.6) is 5.88 Å². The van der Waals surface area contributed by atoms with Crippen LogP contribution in [0, 0.1) is 11.7 Å². The van der Waals surface area contributed by atoms with Crippen molar-refractivity contribution in [3.63, 3.8) is 0 Å². The summed E-state index contributed by atoms with van der Waals surface area (Å²) < 4.78 is 56.9. The topological polar surface area (TPSA) is 92.2 Å². The van der Waals surface area contributed by atoms with Gasteiger partial charge >= 0.3 is 18.2 Å². The summed E-state index contributed by atoms with van der Waals surface area (Å²) in [4.78, 5) is 28.4. The molecule has 1 N–H and O–H groups in total. The summed E-state index contributed by atoms with van der Waals surface area (Å²) in [6, 6.07) is 2.95. The Kier molecular flexibility index (Phi) is 8.65. The molecule has 0 aliphatic carbocycles. The Morgan fingerprint density at radius 1 is 1.34 bits per heavy atom. The molecule has 180 valence electrons. The lowest BCUT2D eigenvalue weighted by molar-refractivity contribution is -0.192. The van der Waals surface area contributed by atoms with Crippen LogP contribution in [0.3, 0.4) is 0 Å². The molecule has 12 heteroatoms. The smallest absolute Gasteiger partial charge is 0.476 e. The number of amides is 2. The number of nitrogens with zero attached hydrogens (tertiary/aromatic N) is 3. The van der Waals surface area contributed by atoms with E-state index in [0.29, 0.717) is 25.6 Å². The van der Waals surface area contributed by atoms with Crippen molar-refractivity contribution in [1.29, 1.82) is 0 Å². The Bertz CT molecular complexity index is 783. The van der Waals surface area contributed by atoms with Gasteiger partial charge in [-0.15, -0.1) is 0 Å². The van der Waals surface area contributed by atoms with Crippen LogP contribution in [0.25, 0.3) is 0 Å². The van der Waals surface area contributed by atoms with Crippen LogP contribution in [0.15, 0.2) is 18.3 Å². The summed E-state index contributed by atoms with van der Waals surface area (Å²) >= 11 is 0. The molecular weight excluding hydrogens is 438 g/mol. The Labute approximate surface area is 183 Å². The number of rotatable bonds is 4. The van der Waals surface area contributed by atoms with Gasteiger partial charge in [0.25, 0.3) is 0 Å². The number of hydrogen-bond donors (Lipinski definition) is 1. The first-order valence-electron chi connectivity index (χ1n) is 10.1. The number of hydrogen-bond acceptors (Lipinski definition) is 5. The van der Waals surface area contributed by atoms with Gasteiger partial charge < -0.3 is 24.4 Å². The molecule has 1 aromatic heterocycles. The molecule has 3 heterocycles. The van der Waals surface area contributed by atoms with Crippen LogP contribution in [0.1, 0.15) is 25.7 Å². The number of aromatic nitrogens is 1. The fraction of sp³-hybridized carbons (Fsp3) is 0.650. The van der Waals surface area contributed by atoms with Crippen molar-refractivity contribution in [2.24, 2.45) is 5.92 Å². The quantitative estimate of drug-likeness (QED) is 0.687. The second-order valence-corrected chi connectivity index (χ2v) is 7.79. The molecule has 1 atom stereocenters. The fourth-order valence-corrected chi connectivity index (χ4v) is 3.88. The molecule has 0 bridgehead atoms. The monoisotopic (exact) mass is 465 g/mol. The minimum atomic E-state index is -5.08. The molecule has 2 aliphatic rings. The molecule has 8 nitrogen and oxygen atoms in total. The Hall–Kier alpha value is -2.63. The Morgan fingerprint density at radius 2 is 1.97 bits per heavy atom. The highest BCUT2D eigenvalue weighted by Crippen LogP contribution is 2.42. The number of piperidine rings is 1. The van der Waals surface area contributed by atoms with E-state index < -0.39 is 18.0 Å². The number of urea groups is 1. The summed E-state index contributed by atoms with van der Waals surface area (Å²) in [6.45, 7) is 2.58. The molecule has 3 rings (SSSR count). The minimum Gasteiger partial charge on any atom is -0.476 e. The molecule has 2 saturated heterocycles. The van der Waals surface area contributed by atoms with Crippen LogP contribution in [-0.2, 0) is 9.53 Å². The van der Waals surface area contributed by atoms with Gasteiger partial charge in [-0.3, -0.25) is 0 Å². The first-order chi connectivity index (χ1) is 15.0. The number of pyridine rings is 1. The summed E-state index contributed by atoms with van der Waals surface area (Å²) in [6.07, 6.45) is -0.0895. The van der Waals surface area contributed by atoms with Crippen molar-refractivity contribution in [3.05, 3.63) is 24.1 Å². The largest absolute Gasteiger partial charge is 0.490 e. The lowest BCUT2D eigenvalue weighted by Crippen LogP contribution is -2.51. The second kappa shape index (κ2) is 10.8. The molecule has 2 fully saturated rings.